The van der Waals surface area contributed by atoms with Gasteiger partial charge in [0.25, 0.3) is 0 Å². The molecule has 1 fully saturated rings. The van der Waals surface area contributed by atoms with E-state index in [0.29, 0.717) is 36.7 Å². The Morgan fingerprint density at radius 3 is 2.75 bits per heavy atom. The third kappa shape index (κ3) is 4.12. The first-order chi connectivity index (χ1) is 17.7. The van der Waals surface area contributed by atoms with Gasteiger partial charge in [-0.15, -0.1) is 0 Å². The Morgan fingerprint density at radius 2 is 1.89 bits per heavy atom. The van der Waals surface area contributed by atoms with Crippen LogP contribution in [-0.4, -0.2) is 32.9 Å². The standard InChI is InChI=1S/C29H25N5O2/c30-15-23-13-20-9-10-27(23)36-25-8-4-7-22(14-25)28(21-5-2-1-3-6-21)34-12-11-26(29(34)35)32-17-24-16-31-19-33(24)18-20/h1-10,13-14,16,19,26,28,32H,11-12,17-18H2. The van der Waals surface area contributed by atoms with Crippen molar-refractivity contribution in [3.63, 3.8) is 0 Å². The van der Waals surface area contributed by atoms with Gasteiger partial charge in [0.15, 0.2) is 0 Å². The van der Waals surface area contributed by atoms with Gasteiger partial charge in [0.05, 0.1) is 29.7 Å². The van der Waals surface area contributed by atoms with Crippen molar-refractivity contribution in [2.45, 2.75) is 31.6 Å². The summed E-state index contributed by atoms with van der Waals surface area (Å²) in [6.45, 7) is 1.75. The number of nitrogens with one attached hydrogen (secondary N) is 1. The number of carbonyl (C=O) groups is 1. The molecule has 7 heteroatoms. The van der Waals surface area contributed by atoms with Gasteiger partial charge >= 0.3 is 0 Å². The number of fused-ring (bicyclic) bond motifs is 3. The molecule has 4 heterocycles. The van der Waals surface area contributed by atoms with E-state index in [1.165, 1.54) is 0 Å². The van der Waals surface area contributed by atoms with Gasteiger partial charge in [-0.1, -0.05) is 48.5 Å². The smallest absolute Gasteiger partial charge is 0.240 e. The minimum absolute atomic E-state index is 0.0875. The van der Waals surface area contributed by atoms with Crippen molar-refractivity contribution in [2.75, 3.05) is 6.54 Å². The highest BCUT2D eigenvalue weighted by Gasteiger charge is 2.37. The lowest BCUT2D eigenvalue weighted by Crippen LogP contribution is -2.40. The number of carbonyl (C=O) groups excluding carboxylic acids is 1. The minimum Gasteiger partial charge on any atom is -0.456 e. The molecule has 178 valence electrons. The second kappa shape index (κ2) is 9.33. The first-order valence-corrected chi connectivity index (χ1v) is 12.1. The number of hydrogen-bond donors (Lipinski definition) is 1. The van der Waals surface area contributed by atoms with Crippen LogP contribution in [-0.2, 0) is 17.9 Å². The minimum atomic E-state index is -0.265. The van der Waals surface area contributed by atoms with Crippen molar-refractivity contribution in [1.29, 1.82) is 5.26 Å². The van der Waals surface area contributed by atoms with Gasteiger partial charge in [-0.25, -0.2) is 4.98 Å². The number of nitriles is 1. The molecule has 36 heavy (non-hydrogen) atoms. The average molecular weight is 476 g/mol. The Bertz CT molecular complexity index is 1460. The van der Waals surface area contributed by atoms with E-state index >= 15 is 0 Å². The zero-order chi connectivity index (χ0) is 24.5. The molecular weight excluding hydrogens is 450 g/mol. The summed E-state index contributed by atoms with van der Waals surface area (Å²) in [7, 11) is 0. The molecule has 1 N–H and O–H groups in total. The van der Waals surface area contributed by atoms with Crippen LogP contribution >= 0.6 is 0 Å². The van der Waals surface area contributed by atoms with Crippen LogP contribution in [0.2, 0.25) is 0 Å². The number of amides is 1. The second-order valence-electron chi connectivity index (χ2n) is 9.20. The van der Waals surface area contributed by atoms with Gasteiger partial charge in [-0.3, -0.25) is 4.79 Å². The van der Waals surface area contributed by atoms with Gasteiger partial charge < -0.3 is 19.5 Å². The lowest BCUT2D eigenvalue weighted by Gasteiger charge is -2.29. The Morgan fingerprint density at radius 1 is 1.03 bits per heavy atom. The summed E-state index contributed by atoms with van der Waals surface area (Å²) in [6.07, 6.45) is 4.33. The summed E-state index contributed by atoms with van der Waals surface area (Å²) in [4.78, 5) is 19.9. The quantitative estimate of drug-likeness (QED) is 0.442. The summed E-state index contributed by atoms with van der Waals surface area (Å²) in [5.41, 5.74) is 4.44. The van der Waals surface area contributed by atoms with Gasteiger partial charge in [0.1, 0.15) is 17.6 Å². The van der Waals surface area contributed by atoms with Crippen LogP contribution in [0, 0.1) is 11.3 Å². The Labute approximate surface area is 209 Å². The van der Waals surface area contributed by atoms with Crippen LogP contribution in [0.4, 0.5) is 0 Å². The number of imidazole rings is 1. The Kier molecular flexibility index (Phi) is 5.72. The molecule has 2 atom stereocenters. The zero-order valence-electron chi connectivity index (χ0n) is 19.7. The van der Waals surface area contributed by atoms with E-state index in [-0.39, 0.29) is 18.0 Å². The Balaban J connectivity index is 1.47. The molecular formula is C29H25N5O2. The third-order valence-electron chi connectivity index (χ3n) is 6.91. The van der Waals surface area contributed by atoms with Crippen LogP contribution in [0.1, 0.15) is 40.4 Å². The monoisotopic (exact) mass is 475 g/mol. The van der Waals surface area contributed by atoms with Crippen LogP contribution in [0.3, 0.4) is 0 Å². The molecule has 0 spiro atoms. The summed E-state index contributed by atoms with van der Waals surface area (Å²) in [5, 5.41) is 13.3. The summed E-state index contributed by atoms with van der Waals surface area (Å²) in [5.74, 6) is 1.22. The van der Waals surface area contributed by atoms with Crippen LogP contribution in [0.25, 0.3) is 0 Å². The molecule has 4 aromatic rings. The van der Waals surface area contributed by atoms with Crippen molar-refractivity contribution < 1.29 is 9.53 Å². The van der Waals surface area contributed by atoms with E-state index in [1.54, 1.807) is 6.33 Å². The molecule has 7 nitrogen and oxygen atoms in total. The van der Waals surface area contributed by atoms with Crippen molar-refractivity contribution >= 4 is 5.91 Å². The zero-order valence-corrected chi connectivity index (χ0v) is 19.7. The molecule has 3 aliphatic rings. The highest BCUT2D eigenvalue weighted by Crippen LogP contribution is 2.35. The normalized spacial score (nSPS) is 19.3. The number of nitrogens with zero attached hydrogens (tertiary/aromatic N) is 4. The molecule has 3 aliphatic heterocycles. The van der Waals surface area contributed by atoms with Gasteiger partial charge in [-0.05, 0) is 47.4 Å². The number of rotatable bonds is 1. The van der Waals surface area contributed by atoms with Crippen molar-refractivity contribution in [1.82, 2.24) is 19.8 Å². The lowest BCUT2D eigenvalue weighted by molar-refractivity contribution is -0.130. The average Bonchev–Trinajstić information content (AvgIpc) is 3.50. The first kappa shape index (κ1) is 22.1. The fraction of sp³-hybridized carbons (Fsp3) is 0.207. The fourth-order valence-corrected chi connectivity index (χ4v) is 5.12. The van der Waals surface area contributed by atoms with Crippen molar-refractivity contribution in [3.8, 4) is 17.6 Å². The van der Waals surface area contributed by atoms with Gasteiger partial charge in [-0.2, -0.15) is 5.26 Å². The predicted molar refractivity (Wildman–Crippen MR) is 134 cm³/mol. The highest BCUT2D eigenvalue weighted by atomic mass is 16.5. The largest absolute Gasteiger partial charge is 0.456 e. The number of benzene rings is 3. The molecule has 0 radical (unpaired) electrons. The molecule has 1 aromatic heterocycles. The molecule has 1 saturated heterocycles. The topological polar surface area (TPSA) is 83.2 Å². The summed E-state index contributed by atoms with van der Waals surface area (Å²) >= 11 is 0. The maximum Gasteiger partial charge on any atom is 0.240 e. The number of hydrogen-bond acceptors (Lipinski definition) is 5. The van der Waals surface area contributed by atoms with Gasteiger partial charge in [0.2, 0.25) is 5.91 Å². The van der Waals surface area contributed by atoms with Crippen molar-refractivity contribution in [3.05, 3.63) is 113 Å². The van der Waals surface area contributed by atoms with Gasteiger partial charge in [0, 0.05) is 25.8 Å². The fourth-order valence-electron chi connectivity index (χ4n) is 5.12. The molecule has 7 rings (SSSR count). The summed E-state index contributed by atoms with van der Waals surface area (Å²) < 4.78 is 8.24. The molecule has 0 saturated carbocycles. The predicted octanol–water partition coefficient (Wildman–Crippen LogP) is 4.39. The van der Waals surface area contributed by atoms with E-state index in [1.807, 2.05) is 76.3 Å². The molecule has 0 aliphatic carbocycles. The van der Waals surface area contributed by atoms with Crippen LogP contribution in [0.15, 0.2) is 85.3 Å². The van der Waals surface area contributed by atoms with Crippen LogP contribution in [0.5, 0.6) is 11.5 Å². The van der Waals surface area contributed by atoms with E-state index in [0.717, 1.165) is 28.8 Å². The van der Waals surface area contributed by atoms with Crippen molar-refractivity contribution in [2.24, 2.45) is 0 Å². The number of ether oxygens (including phenoxy) is 1. The maximum absolute atomic E-state index is 13.6. The van der Waals surface area contributed by atoms with Crippen LogP contribution < -0.4 is 10.1 Å². The lowest BCUT2D eigenvalue weighted by atomic mass is 9.97. The molecule has 2 unspecified atom stereocenters. The highest BCUT2D eigenvalue weighted by molar-refractivity contribution is 5.85. The summed E-state index contributed by atoms with van der Waals surface area (Å²) in [6, 6.07) is 25.3. The Hall–Kier alpha value is -4.41. The molecule has 3 aromatic carbocycles. The molecule has 1 amide bonds. The third-order valence-corrected chi connectivity index (χ3v) is 6.91. The van der Waals surface area contributed by atoms with E-state index in [9.17, 15) is 10.1 Å². The first-order valence-electron chi connectivity index (χ1n) is 12.1. The second-order valence-corrected chi connectivity index (χ2v) is 9.20. The van der Waals surface area contributed by atoms with E-state index < -0.39 is 0 Å². The van der Waals surface area contributed by atoms with E-state index in [2.05, 4.69) is 28.5 Å². The SMILES string of the molecule is N#Cc1cc2ccc1Oc1cccc(c1)C(c1ccccc1)N1CCC(NCc3cncn3C2)C1=O. The molecule has 6 bridgehead atoms. The maximum atomic E-state index is 13.6. The number of aromatic nitrogens is 2. The van der Waals surface area contributed by atoms with E-state index in [4.69, 9.17) is 4.74 Å².